The standard InChI is InChI=1S/C25H28N4O4/c30-23-9-8-22(24(31)27-23)29-16-20-19(25(29)32)2-1-3-21(20)26-14-17-4-6-18(7-5-17)15-28-10-12-33-13-11-28/h1-7,22,26H,8-16H2,(H,27,30,31)/t22-/m1/s1/i8D2,9D2,14D2,22D. The van der Waals surface area contributed by atoms with Gasteiger partial charge in [0.25, 0.3) is 5.91 Å². The maximum absolute atomic E-state index is 13.3. The Labute approximate surface area is 202 Å². The van der Waals surface area contributed by atoms with Crippen LogP contribution in [-0.2, 0) is 33.9 Å². The molecule has 3 aliphatic rings. The molecule has 8 heteroatoms. The molecular weight excluding hydrogens is 420 g/mol. The van der Waals surface area contributed by atoms with Gasteiger partial charge in [0.2, 0.25) is 11.8 Å². The van der Waals surface area contributed by atoms with Crippen LogP contribution in [0.3, 0.4) is 0 Å². The van der Waals surface area contributed by atoms with Gasteiger partial charge >= 0.3 is 0 Å². The molecule has 2 aromatic rings. The summed E-state index contributed by atoms with van der Waals surface area (Å²) in [6.45, 7) is 1.13. The van der Waals surface area contributed by atoms with Crippen molar-refractivity contribution in [3.63, 3.8) is 0 Å². The Hall–Kier alpha value is -3.23. The van der Waals surface area contributed by atoms with Crippen molar-refractivity contribution in [1.29, 1.82) is 0 Å². The van der Waals surface area contributed by atoms with E-state index in [0.717, 1.165) is 18.7 Å². The van der Waals surface area contributed by atoms with Gasteiger partial charge in [-0.1, -0.05) is 30.3 Å². The highest BCUT2D eigenvalue weighted by Gasteiger charge is 2.39. The van der Waals surface area contributed by atoms with E-state index in [0.29, 0.717) is 30.2 Å². The molecule has 2 fully saturated rings. The van der Waals surface area contributed by atoms with E-state index in [-0.39, 0.29) is 16.8 Å². The number of piperidine rings is 1. The molecule has 2 saturated heterocycles. The number of amides is 3. The van der Waals surface area contributed by atoms with E-state index in [1.54, 1.807) is 17.4 Å². The number of nitrogens with one attached hydrogen (secondary N) is 2. The highest BCUT2D eigenvalue weighted by molar-refractivity contribution is 6.06. The Bertz CT molecular complexity index is 1370. The third kappa shape index (κ3) is 4.62. The Morgan fingerprint density at radius 2 is 1.88 bits per heavy atom. The number of hydrogen-bond donors (Lipinski definition) is 2. The van der Waals surface area contributed by atoms with Crippen molar-refractivity contribution in [2.75, 3.05) is 31.6 Å². The molecule has 172 valence electrons. The van der Waals surface area contributed by atoms with E-state index in [9.17, 15) is 14.4 Å². The third-order valence-electron chi connectivity index (χ3n) is 5.78. The van der Waals surface area contributed by atoms with Crippen molar-refractivity contribution in [2.24, 2.45) is 0 Å². The zero-order valence-electron chi connectivity index (χ0n) is 24.8. The summed E-state index contributed by atoms with van der Waals surface area (Å²) in [5.74, 6) is -3.90. The van der Waals surface area contributed by atoms with Crippen molar-refractivity contribution in [2.45, 2.75) is 38.4 Å². The van der Waals surface area contributed by atoms with Gasteiger partial charge in [0.15, 0.2) is 0 Å². The van der Waals surface area contributed by atoms with Crippen LogP contribution in [0.5, 0.6) is 0 Å². The van der Waals surface area contributed by atoms with Crippen LogP contribution in [0, 0.1) is 0 Å². The summed E-state index contributed by atoms with van der Waals surface area (Å²) in [4.78, 5) is 40.9. The molecule has 3 heterocycles. The van der Waals surface area contributed by atoms with Crippen LogP contribution in [0.15, 0.2) is 42.5 Å². The molecule has 0 radical (unpaired) electrons. The van der Waals surface area contributed by atoms with E-state index in [1.807, 2.05) is 12.1 Å². The number of carbonyl (C=O) groups is 3. The number of benzene rings is 2. The van der Waals surface area contributed by atoms with Gasteiger partial charge in [0.05, 0.1) is 17.3 Å². The second-order valence-electron chi connectivity index (χ2n) is 7.94. The Kier molecular flexibility index (Phi) is 4.19. The summed E-state index contributed by atoms with van der Waals surface area (Å²) < 4.78 is 63.8. The predicted molar refractivity (Wildman–Crippen MR) is 122 cm³/mol. The first-order valence-corrected chi connectivity index (χ1v) is 10.7. The summed E-state index contributed by atoms with van der Waals surface area (Å²) in [5.41, 5.74) is 1.75. The van der Waals surface area contributed by atoms with Gasteiger partial charge in [-0.2, -0.15) is 0 Å². The number of imide groups is 1. The van der Waals surface area contributed by atoms with Gasteiger partial charge < -0.3 is 15.0 Å². The topological polar surface area (TPSA) is 91.0 Å². The molecule has 0 saturated carbocycles. The number of ether oxygens (including phenoxy) is 1. The Balaban J connectivity index is 1.39. The second-order valence-corrected chi connectivity index (χ2v) is 7.94. The summed E-state index contributed by atoms with van der Waals surface area (Å²) in [7, 11) is 0. The van der Waals surface area contributed by atoms with Crippen LogP contribution in [0.4, 0.5) is 5.69 Å². The highest BCUT2D eigenvalue weighted by atomic mass is 16.5. The van der Waals surface area contributed by atoms with Crippen LogP contribution >= 0.6 is 0 Å². The third-order valence-corrected chi connectivity index (χ3v) is 5.78. The maximum atomic E-state index is 13.3. The molecule has 0 spiro atoms. The monoisotopic (exact) mass is 455 g/mol. The van der Waals surface area contributed by atoms with Crippen LogP contribution in [0.2, 0.25) is 0 Å². The van der Waals surface area contributed by atoms with Crippen molar-refractivity contribution in [1.82, 2.24) is 15.1 Å². The minimum atomic E-state index is -3.39. The minimum absolute atomic E-state index is 0.00865. The largest absolute Gasteiger partial charge is 0.381 e. The van der Waals surface area contributed by atoms with Gasteiger partial charge in [-0.25, -0.2) is 0 Å². The normalized spacial score (nSPS) is 30.0. The summed E-state index contributed by atoms with van der Waals surface area (Å²) in [5, 5.41) is 4.48. The molecule has 3 amide bonds. The van der Waals surface area contributed by atoms with Gasteiger partial charge in [-0.3, -0.25) is 24.6 Å². The lowest BCUT2D eigenvalue weighted by Crippen LogP contribution is -2.52. The molecule has 0 aliphatic carbocycles. The predicted octanol–water partition coefficient (Wildman–Crippen LogP) is 1.89. The van der Waals surface area contributed by atoms with E-state index >= 15 is 0 Å². The number of rotatable bonds is 6. The number of nitrogens with zero attached hydrogens (tertiary/aromatic N) is 2. The number of fused-ring (bicyclic) bond motifs is 1. The zero-order valence-corrected chi connectivity index (χ0v) is 17.8. The number of morpholine rings is 1. The number of hydrogen-bond acceptors (Lipinski definition) is 6. The first-order valence-electron chi connectivity index (χ1n) is 14.2. The van der Waals surface area contributed by atoms with Crippen molar-refractivity contribution < 1.29 is 28.7 Å². The summed E-state index contributed by atoms with van der Waals surface area (Å²) >= 11 is 0. The van der Waals surface area contributed by atoms with Crippen molar-refractivity contribution >= 4 is 23.4 Å². The molecule has 1 atom stereocenters. The fourth-order valence-electron chi connectivity index (χ4n) is 4.04. The quantitative estimate of drug-likeness (QED) is 0.647. The molecule has 5 rings (SSSR count). The molecular formula is C25H28N4O4. The van der Waals surface area contributed by atoms with Crippen molar-refractivity contribution in [3.8, 4) is 0 Å². The maximum Gasteiger partial charge on any atom is 0.255 e. The van der Waals surface area contributed by atoms with Gasteiger partial charge in [-0.05, 0) is 29.6 Å². The molecule has 8 nitrogen and oxygen atoms in total. The molecule has 2 N–H and O–H groups in total. The smallest absolute Gasteiger partial charge is 0.255 e. The molecule has 33 heavy (non-hydrogen) atoms. The lowest BCUT2D eigenvalue weighted by atomic mass is 10.0. The first-order chi connectivity index (χ1) is 18.7. The second kappa shape index (κ2) is 9.33. The van der Waals surface area contributed by atoms with Crippen LogP contribution in [0.1, 0.15) is 49.4 Å². The highest BCUT2D eigenvalue weighted by Crippen LogP contribution is 2.32. The molecule has 3 aliphatic heterocycles. The fourth-order valence-corrected chi connectivity index (χ4v) is 4.04. The fraction of sp³-hybridized carbons (Fsp3) is 0.400. The Morgan fingerprint density at radius 1 is 1.12 bits per heavy atom. The van der Waals surface area contributed by atoms with Gasteiger partial charge in [0, 0.05) is 61.3 Å². The Morgan fingerprint density at radius 3 is 2.67 bits per heavy atom. The van der Waals surface area contributed by atoms with E-state index in [1.165, 1.54) is 18.2 Å². The average molecular weight is 456 g/mol. The van der Waals surface area contributed by atoms with Gasteiger partial charge in [-0.15, -0.1) is 0 Å². The summed E-state index contributed by atoms with van der Waals surface area (Å²) in [6, 6.07) is 8.33. The van der Waals surface area contributed by atoms with E-state index in [2.05, 4.69) is 10.2 Å². The number of carbonyl (C=O) groups excluding carboxylic acids is 3. The molecule has 0 aromatic heterocycles. The van der Waals surface area contributed by atoms with Crippen LogP contribution < -0.4 is 10.6 Å². The lowest BCUT2D eigenvalue weighted by molar-refractivity contribution is -0.136. The zero-order chi connectivity index (χ0) is 29.1. The molecule has 2 aromatic carbocycles. The molecule has 0 unspecified atom stereocenters. The van der Waals surface area contributed by atoms with Gasteiger partial charge in [0.1, 0.15) is 6.02 Å². The minimum Gasteiger partial charge on any atom is -0.381 e. The lowest BCUT2D eigenvalue weighted by Gasteiger charge is -2.29. The van der Waals surface area contributed by atoms with Crippen LogP contribution in [-0.4, -0.2) is 59.8 Å². The van der Waals surface area contributed by atoms with E-state index in [4.69, 9.17) is 14.3 Å². The molecule has 0 bridgehead atoms. The van der Waals surface area contributed by atoms with E-state index < -0.39 is 49.5 Å². The summed E-state index contributed by atoms with van der Waals surface area (Å²) in [6.07, 6.45) is -6.66. The number of anilines is 1. The SMILES string of the molecule is [2H]C([2H])(Nc1cccc2c1CN([C@@]1([2H])C(=O)NC(=O)C([2H])([2H])C1([2H])[2H])C2=O)c1ccc(CN2CCOCC2)cc1. The first kappa shape index (κ1) is 14.8. The van der Waals surface area contributed by atoms with Crippen LogP contribution in [0.25, 0.3) is 0 Å². The average Bonchev–Trinajstić information content (AvgIpc) is 3.25. The van der Waals surface area contributed by atoms with Crippen molar-refractivity contribution in [3.05, 3.63) is 64.7 Å².